The maximum Gasteiger partial charge on any atom is 0.252 e. The van der Waals surface area contributed by atoms with Crippen molar-refractivity contribution in [3.8, 4) is 0 Å². The molecule has 2 amide bonds. The Kier molecular flexibility index (Phi) is 5.37. The third-order valence-corrected chi connectivity index (χ3v) is 4.83. The fourth-order valence-corrected chi connectivity index (χ4v) is 3.28. The predicted molar refractivity (Wildman–Crippen MR) is 96.2 cm³/mol. The van der Waals surface area contributed by atoms with Gasteiger partial charge in [-0.05, 0) is 25.0 Å². The van der Waals surface area contributed by atoms with Crippen LogP contribution in [0.5, 0.6) is 0 Å². The average molecular weight is 356 g/mol. The Morgan fingerprint density at radius 1 is 1.38 bits per heavy atom. The van der Waals surface area contributed by atoms with Crippen LogP contribution in [0.25, 0.3) is 0 Å². The van der Waals surface area contributed by atoms with Gasteiger partial charge in [-0.15, -0.1) is 0 Å². The molecular weight excluding hydrogens is 332 g/mol. The number of aryl methyl sites for hydroxylation is 2. The Labute approximate surface area is 153 Å². The van der Waals surface area contributed by atoms with Crippen molar-refractivity contribution in [2.24, 2.45) is 0 Å². The average Bonchev–Trinajstić information content (AvgIpc) is 3.10. The van der Waals surface area contributed by atoms with Crippen molar-refractivity contribution in [3.05, 3.63) is 53.6 Å². The largest absolute Gasteiger partial charge is 0.356 e. The first-order chi connectivity index (χ1) is 12.5. The lowest BCUT2D eigenvalue weighted by molar-refractivity contribution is -0.162. The Morgan fingerprint density at radius 3 is 2.88 bits per heavy atom. The summed E-state index contributed by atoms with van der Waals surface area (Å²) in [5.74, 6) is -0.368. The van der Waals surface area contributed by atoms with Crippen LogP contribution in [0.15, 0.2) is 36.8 Å². The van der Waals surface area contributed by atoms with Gasteiger partial charge in [-0.3, -0.25) is 9.59 Å². The first kappa shape index (κ1) is 18.1. The van der Waals surface area contributed by atoms with E-state index in [0.717, 1.165) is 23.4 Å². The van der Waals surface area contributed by atoms with Crippen LogP contribution in [0, 0.1) is 6.92 Å². The molecule has 0 bridgehead atoms. The van der Waals surface area contributed by atoms with E-state index in [0.29, 0.717) is 6.54 Å². The summed E-state index contributed by atoms with van der Waals surface area (Å²) in [5.41, 5.74) is 2.86. The van der Waals surface area contributed by atoms with Crippen LogP contribution >= 0.6 is 0 Å². The highest BCUT2D eigenvalue weighted by Crippen LogP contribution is 2.31. The van der Waals surface area contributed by atoms with Crippen molar-refractivity contribution in [2.45, 2.75) is 39.1 Å². The molecule has 1 aromatic heterocycles. The summed E-state index contributed by atoms with van der Waals surface area (Å²) in [6.45, 7) is 5.05. The fourth-order valence-electron chi connectivity index (χ4n) is 3.28. The molecule has 2 atom stereocenters. The number of likely N-dealkylation sites (N-methyl/N-ethyl adjacent to an activating group) is 1. The number of imidazole rings is 1. The van der Waals surface area contributed by atoms with Crippen LogP contribution in [-0.2, 0) is 27.4 Å². The molecule has 0 radical (unpaired) electrons. The van der Waals surface area contributed by atoms with Crippen molar-refractivity contribution in [1.82, 2.24) is 19.8 Å². The molecule has 0 spiro atoms. The van der Waals surface area contributed by atoms with Crippen LogP contribution in [0.3, 0.4) is 0 Å². The molecule has 7 heteroatoms. The molecule has 1 N–H and O–H groups in total. The lowest BCUT2D eigenvalue weighted by Crippen LogP contribution is -2.53. The predicted octanol–water partition coefficient (Wildman–Crippen LogP) is 1.43. The number of benzene rings is 1. The lowest BCUT2D eigenvalue weighted by atomic mass is 9.94. The summed E-state index contributed by atoms with van der Waals surface area (Å²) < 4.78 is 7.61. The standard InChI is InChI=1S/C19H24N4O3/c1-4-23-12-20-9-14(23)10-21-19(25)18-17(22(3)16(24)11-26-18)15-8-6-5-7-13(15)2/h5-9,12,17-18H,4,10-11H2,1-3H3,(H,21,25)/t17-,18+/m1/s1. The van der Waals surface area contributed by atoms with Crippen LogP contribution in [0.4, 0.5) is 0 Å². The molecule has 0 unspecified atom stereocenters. The smallest absolute Gasteiger partial charge is 0.252 e. The maximum atomic E-state index is 12.8. The van der Waals surface area contributed by atoms with Gasteiger partial charge >= 0.3 is 0 Å². The van der Waals surface area contributed by atoms with Crippen molar-refractivity contribution < 1.29 is 14.3 Å². The van der Waals surface area contributed by atoms with E-state index in [9.17, 15) is 9.59 Å². The fraction of sp³-hybridized carbons (Fsp3) is 0.421. The molecule has 2 heterocycles. The molecule has 0 saturated carbocycles. The lowest BCUT2D eigenvalue weighted by Gasteiger charge is -2.38. The van der Waals surface area contributed by atoms with Gasteiger partial charge in [0.2, 0.25) is 5.91 Å². The van der Waals surface area contributed by atoms with E-state index in [2.05, 4.69) is 10.3 Å². The molecule has 138 valence electrons. The van der Waals surface area contributed by atoms with E-state index in [1.807, 2.05) is 42.7 Å². The van der Waals surface area contributed by atoms with Crippen molar-refractivity contribution in [3.63, 3.8) is 0 Å². The van der Waals surface area contributed by atoms with Gasteiger partial charge in [0, 0.05) is 19.8 Å². The van der Waals surface area contributed by atoms with Gasteiger partial charge in [-0.25, -0.2) is 4.98 Å². The van der Waals surface area contributed by atoms with Crippen LogP contribution in [0.1, 0.15) is 29.8 Å². The van der Waals surface area contributed by atoms with Crippen LogP contribution in [0.2, 0.25) is 0 Å². The van der Waals surface area contributed by atoms with Gasteiger partial charge in [-0.2, -0.15) is 0 Å². The van der Waals surface area contributed by atoms with E-state index in [4.69, 9.17) is 4.74 Å². The second-order valence-electron chi connectivity index (χ2n) is 6.43. The molecule has 1 fully saturated rings. The number of carbonyl (C=O) groups excluding carboxylic acids is 2. The quantitative estimate of drug-likeness (QED) is 0.879. The second kappa shape index (κ2) is 7.70. The van der Waals surface area contributed by atoms with Gasteiger partial charge in [0.05, 0.1) is 24.6 Å². The Morgan fingerprint density at radius 2 is 2.15 bits per heavy atom. The van der Waals surface area contributed by atoms with Gasteiger partial charge in [0.15, 0.2) is 6.10 Å². The summed E-state index contributed by atoms with van der Waals surface area (Å²) in [6, 6.07) is 7.30. The number of aromatic nitrogens is 2. The first-order valence-corrected chi connectivity index (χ1v) is 8.72. The van der Waals surface area contributed by atoms with Gasteiger partial charge in [0.1, 0.15) is 6.61 Å². The number of rotatable bonds is 5. The summed E-state index contributed by atoms with van der Waals surface area (Å²) >= 11 is 0. The monoisotopic (exact) mass is 356 g/mol. The van der Waals surface area contributed by atoms with Crippen molar-refractivity contribution >= 4 is 11.8 Å². The van der Waals surface area contributed by atoms with Gasteiger partial charge < -0.3 is 19.5 Å². The number of nitrogens with zero attached hydrogens (tertiary/aromatic N) is 3. The van der Waals surface area contributed by atoms with Crippen molar-refractivity contribution in [2.75, 3.05) is 13.7 Å². The number of ether oxygens (including phenoxy) is 1. The maximum absolute atomic E-state index is 12.8. The number of hydrogen-bond acceptors (Lipinski definition) is 4. The molecule has 2 aromatic rings. The number of morpholine rings is 1. The van der Waals surface area contributed by atoms with E-state index < -0.39 is 12.1 Å². The zero-order valence-corrected chi connectivity index (χ0v) is 15.3. The summed E-state index contributed by atoms with van der Waals surface area (Å²) in [5, 5.41) is 2.92. The van der Waals surface area contributed by atoms with Crippen molar-refractivity contribution in [1.29, 1.82) is 0 Å². The minimum absolute atomic E-state index is 0.0934. The first-order valence-electron chi connectivity index (χ1n) is 8.72. The zero-order valence-electron chi connectivity index (χ0n) is 15.3. The highest BCUT2D eigenvalue weighted by molar-refractivity contribution is 5.86. The van der Waals surface area contributed by atoms with Gasteiger partial charge in [-0.1, -0.05) is 24.3 Å². The molecule has 1 aliphatic heterocycles. The summed E-state index contributed by atoms with van der Waals surface area (Å²) in [4.78, 5) is 30.7. The number of hydrogen-bond donors (Lipinski definition) is 1. The minimum Gasteiger partial charge on any atom is -0.356 e. The highest BCUT2D eigenvalue weighted by Gasteiger charge is 2.40. The third-order valence-electron chi connectivity index (χ3n) is 4.83. The summed E-state index contributed by atoms with van der Waals surface area (Å²) in [7, 11) is 1.72. The Hall–Kier alpha value is -2.67. The molecule has 26 heavy (non-hydrogen) atoms. The molecule has 1 aliphatic rings. The molecule has 0 aliphatic carbocycles. The minimum atomic E-state index is -0.753. The van der Waals surface area contributed by atoms with Crippen LogP contribution in [-0.4, -0.2) is 46.0 Å². The SMILES string of the molecule is CCn1cncc1CNC(=O)[C@H]1OCC(=O)N(C)[C@@H]1c1ccccc1C. The Balaban J connectivity index is 1.80. The van der Waals surface area contributed by atoms with E-state index in [1.165, 1.54) is 0 Å². The molecule has 3 rings (SSSR count). The topological polar surface area (TPSA) is 76.5 Å². The number of nitrogens with one attached hydrogen (secondary N) is 1. The molecule has 1 aromatic carbocycles. The van der Waals surface area contributed by atoms with Crippen LogP contribution < -0.4 is 5.32 Å². The number of amides is 2. The molecular formula is C19H24N4O3. The number of carbonyl (C=O) groups is 2. The van der Waals surface area contributed by atoms with E-state index in [1.54, 1.807) is 24.5 Å². The van der Waals surface area contributed by atoms with E-state index >= 15 is 0 Å². The molecule has 7 nitrogen and oxygen atoms in total. The third kappa shape index (κ3) is 3.48. The molecule has 1 saturated heterocycles. The normalized spacial score (nSPS) is 20.3. The second-order valence-corrected chi connectivity index (χ2v) is 6.43. The highest BCUT2D eigenvalue weighted by atomic mass is 16.5. The Bertz CT molecular complexity index is 802. The van der Waals surface area contributed by atoms with E-state index in [-0.39, 0.29) is 18.4 Å². The summed E-state index contributed by atoms with van der Waals surface area (Å²) in [6.07, 6.45) is 2.72. The van der Waals surface area contributed by atoms with Gasteiger partial charge in [0.25, 0.3) is 5.91 Å². The zero-order chi connectivity index (χ0) is 18.7.